The summed E-state index contributed by atoms with van der Waals surface area (Å²) in [4.78, 5) is 11.9. The second-order valence-electron chi connectivity index (χ2n) is 5.15. The zero-order valence-corrected chi connectivity index (χ0v) is 12.9. The molecule has 22 heavy (non-hydrogen) atoms. The highest BCUT2D eigenvalue weighted by Crippen LogP contribution is 2.24. The van der Waals surface area contributed by atoms with Crippen molar-refractivity contribution < 1.29 is 13.7 Å². The fraction of sp³-hybridized carbons (Fsp3) is 0.333. The van der Waals surface area contributed by atoms with Crippen LogP contribution in [-0.4, -0.2) is 17.6 Å². The van der Waals surface area contributed by atoms with Gasteiger partial charge in [0.15, 0.2) is 0 Å². The van der Waals surface area contributed by atoms with E-state index in [4.69, 9.17) is 4.52 Å². The van der Waals surface area contributed by atoms with Crippen molar-refractivity contribution in [1.82, 2.24) is 10.5 Å². The first-order valence-corrected chi connectivity index (χ1v) is 6.86. The van der Waals surface area contributed by atoms with E-state index >= 15 is 0 Å². The van der Waals surface area contributed by atoms with Crippen molar-refractivity contribution in [3.8, 4) is 0 Å². The van der Waals surface area contributed by atoms with Crippen LogP contribution in [0.3, 0.4) is 0 Å². The fourth-order valence-corrected chi connectivity index (χ4v) is 2.49. The molecule has 0 bridgehead atoms. The maximum Gasteiger partial charge on any atom is 0.230 e. The van der Waals surface area contributed by atoms with Gasteiger partial charge in [0.25, 0.3) is 0 Å². The van der Waals surface area contributed by atoms with E-state index in [-0.39, 0.29) is 36.2 Å². The molecule has 1 aromatic heterocycles. The number of aromatic nitrogens is 1. The molecule has 5 nitrogen and oxygen atoms in total. The summed E-state index contributed by atoms with van der Waals surface area (Å²) in [7, 11) is 0. The predicted molar refractivity (Wildman–Crippen MR) is 82.6 cm³/mol. The number of nitrogens with zero attached hydrogens (tertiary/aromatic N) is 1. The minimum absolute atomic E-state index is 0. The molecular weight excluding hydrogens is 309 g/mol. The maximum absolute atomic E-state index is 14.4. The van der Waals surface area contributed by atoms with Gasteiger partial charge in [0.1, 0.15) is 11.6 Å². The third kappa shape index (κ3) is 3.45. The average Bonchev–Trinajstić information content (AvgIpc) is 2.87. The highest BCUT2D eigenvalue weighted by molar-refractivity contribution is 5.92. The second-order valence-corrected chi connectivity index (χ2v) is 5.15. The number of fused-ring (bicyclic) bond motifs is 1. The number of amides is 1. The van der Waals surface area contributed by atoms with Crippen molar-refractivity contribution >= 4 is 24.0 Å². The lowest BCUT2D eigenvalue weighted by Gasteiger charge is -2.19. The summed E-state index contributed by atoms with van der Waals surface area (Å²) in [6, 6.07) is 5.14. The van der Waals surface area contributed by atoms with Crippen molar-refractivity contribution in [3.63, 3.8) is 0 Å². The Labute approximate surface area is 133 Å². The van der Waals surface area contributed by atoms with E-state index in [1.165, 1.54) is 0 Å². The summed E-state index contributed by atoms with van der Waals surface area (Å²) >= 11 is 0. The molecule has 3 rings (SSSR count). The number of carbonyl (C=O) groups is 1. The quantitative estimate of drug-likeness (QED) is 0.909. The minimum Gasteiger partial charge on any atom is -0.361 e. The fourth-order valence-electron chi connectivity index (χ4n) is 2.49. The van der Waals surface area contributed by atoms with Crippen molar-refractivity contribution in [3.05, 3.63) is 46.6 Å². The zero-order valence-electron chi connectivity index (χ0n) is 12.1. The van der Waals surface area contributed by atoms with Crippen LogP contribution in [0.15, 0.2) is 22.7 Å². The Kier molecular flexibility index (Phi) is 5.15. The molecule has 2 heterocycles. The third-order valence-electron chi connectivity index (χ3n) is 3.50. The van der Waals surface area contributed by atoms with Gasteiger partial charge in [-0.25, -0.2) is 4.39 Å². The van der Waals surface area contributed by atoms with Crippen LogP contribution in [0.1, 0.15) is 22.6 Å². The Morgan fingerprint density at radius 2 is 2.32 bits per heavy atom. The van der Waals surface area contributed by atoms with Crippen molar-refractivity contribution in [1.29, 1.82) is 0 Å². The lowest BCUT2D eigenvalue weighted by Crippen LogP contribution is -2.25. The van der Waals surface area contributed by atoms with Gasteiger partial charge in [-0.15, -0.1) is 12.4 Å². The van der Waals surface area contributed by atoms with Crippen LogP contribution in [0.4, 0.5) is 10.1 Å². The molecule has 118 valence electrons. The molecule has 1 aliphatic rings. The van der Waals surface area contributed by atoms with E-state index in [9.17, 15) is 9.18 Å². The van der Waals surface area contributed by atoms with Crippen molar-refractivity contribution in [2.45, 2.75) is 26.3 Å². The van der Waals surface area contributed by atoms with Gasteiger partial charge in [0, 0.05) is 12.6 Å². The van der Waals surface area contributed by atoms with Gasteiger partial charge in [-0.1, -0.05) is 11.2 Å². The Morgan fingerprint density at radius 1 is 1.50 bits per heavy atom. The highest BCUT2D eigenvalue weighted by Gasteiger charge is 2.18. The molecule has 0 atom stereocenters. The Bertz CT molecular complexity index is 687. The van der Waals surface area contributed by atoms with Crippen molar-refractivity contribution in [2.24, 2.45) is 0 Å². The Hall–Kier alpha value is -1.92. The van der Waals surface area contributed by atoms with Gasteiger partial charge in [-0.3, -0.25) is 4.79 Å². The summed E-state index contributed by atoms with van der Waals surface area (Å²) in [5, 5.41) is 9.54. The van der Waals surface area contributed by atoms with Crippen LogP contribution in [0.2, 0.25) is 0 Å². The number of halogens is 2. The Balaban J connectivity index is 0.00000176. The van der Waals surface area contributed by atoms with Crippen LogP contribution >= 0.6 is 12.4 Å². The molecular formula is C15H17ClFN3O2. The van der Waals surface area contributed by atoms with E-state index in [1.54, 1.807) is 19.1 Å². The molecule has 1 amide bonds. The summed E-state index contributed by atoms with van der Waals surface area (Å²) in [6.07, 6.45) is 0.697. The lowest BCUT2D eigenvalue weighted by molar-refractivity contribution is -0.115. The van der Waals surface area contributed by atoms with Gasteiger partial charge in [0.05, 0.1) is 17.8 Å². The van der Waals surface area contributed by atoms with Gasteiger partial charge in [-0.2, -0.15) is 0 Å². The standard InChI is InChI=1S/C15H16FN3O2.ClH/c1-9-6-11(19-21-9)7-14(20)18-13-3-2-10-8-17-5-4-12(10)15(13)16;/h2-3,6,17H,4-5,7-8H2,1H3,(H,18,20);1H. The number of aryl methyl sites for hydroxylation is 1. The van der Waals surface area contributed by atoms with Gasteiger partial charge in [0.2, 0.25) is 5.91 Å². The lowest BCUT2D eigenvalue weighted by atomic mass is 9.99. The molecule has 0 fully saturated rings. The normalized spacial score (nSPS) is 13.2. The molecule has 0 radical (unpaired) electrons. The SMILES string of the molecule is Cc1cc(CC(=O)Nc2ccc3c(c2F)CCNC3)no1.Cl. The predicted octanol–water partition coefficient (Wildman–Crippen LogP) is 2.37. The van der Waals surface area contributed by atoms with Crippen LogP contribution in [-0.2, 0) is 24.2 Å². The van der Waals surface area contributed by atoms with E-state index in [0.29, 0.717) is 30.0 Å². The first-order valence-electron chi connectivity index (χ1n) is 6.86. The van der Waals surface area contributed by atoms with E-state index < -0.39 is 0 Å². The third-order valence-corrected chi connectivity index (χ3v) is 3.50. The molecule has 1 aliphatic heterocycles. The molecule has 0 saturated carbocycles. The first-order chi connectivity index (χ1) is 10.1. The van der Waals surface area contributed by atoms with Crippen molar-refractivity contribution in [2.75, 3.05) is 11.9 Å². The van der Waals surface area contributed by atoms with Crippen LogP contribution in [0.5, 0.6) is 0 Å². The number of nitrogens with one attached hydrogen (secondary N) is 2. The number of carbonyl (C=O) groups excluding carboxylic acids is 1. The molecule has 1 aromatic carbocycles. The summed E-state index contributed by atoms with van der Waals surface area (Å²) < 4.78 is 19.3. The topological polar surface area (TPSA) is 67.2 Å². The number of benzene rings is 1. The molecule has 2 N–H and O–H groups in total. The summed E-state index contributed by atoms with van der Waals surface area (Å²) in [5.41, 5.74) is 2.39. The van der Waals surface area contributed by atoms with E-state index in [1.807, 2.05) is 6.07 Å². The monoisotopic (exact) mass is 325 g/mol. The number of anilines is 1. The summed E-state index contributed by atoms with van der Waals surface area (Å²) in [6.45, 7) is 3.17. The molecule has 0 aliphatic carbocycles. The number of hydrogen-bond donors (Lipinski definition) is 2. The van der Waals surface area contributed by atoms with Crippen LogP contribution in [0.25, 0.3) is 0 Å². The summed E-state index contributed by atoms with van der Waals surface area (Å²) in [5.74, 6) is 0.0000270. The smallest absolute Gasteiger partial charge is 0.230 e. The van der Waals surface area contributed by atoms with Gasteiger partial charge in [-0.05, 0) is 37.1 Å². The zero-order chi connectivity index (χ0) is 14.8. The first kappa shape index (κ1) is 16.5. The van der Waals surface area contributed by atoms with E-state index in [0.717, 1.165) is 12.1 Å². The largest absolute Gasteiger partial charge is 0.361 e. The molecule has 0 saturated heterocycles. The molecule has 0 spiro atoms. The molecule has 7 heteroatoms. The van der Waals surface area contributed by atoms with Gasteiger partial charge >= 0.3 is 0 Å². The van der Waals surface area contributed by atoms with Gasteiger partial charge < -0.3 is 15.2 Å². The minimum atomic E-state index is -0.335. The number of hydrogen-bond acceptors (Lipinski definition) is 4. The van der Waals surface area contributed by atoms with Crippen LogP contribution < -0.4 is 10.6 Å². The maximum atomic E-state index is 14.4. The number of rotatable bonds is 3. The second kappa shape index (κ2) is 6.89. The van der Waals surface area contributed by atoms with Crippen LogP contribution in [0, 0.1) is 12.7 Å². The molecule has 2 aromatic rings. The highest BCUT2D eigenvalue weighted by atomic mass is 35.5. The average molecular weight is 326 g/mol. The molecule has 0 unspecified atom stereocenters. The van der Waals surface area contributed by atoms with E-state index in [2.05, 4.69) is 15.8 Å². The Morgan fingerprint density at radius 3 is 3.05 bits per heavy atom.